The number of carbonyl (C=O) groups excluding carboxylic acids is 1. The van der Waals surface area contributed by atoms with Crippen molar-refractivity contribution in [1.82, 2.24) is 20.4 Å². The number of carbonyl (C=O) groups is 1. The second kappa shape index (κ2) is 9.17. The number of likely N-dealkylation sites (N-methyl/N-ethyl adjacent to an activating group) is 1. The Bertz CT molecular complexity index is 1370. The van der Waals surface area contributed by atoms with Gasteiger partial charge in [0.2, 0.25) is 0 Å². The summed E-state index contributed by atoms with van der Waals surface area (Å²) in [6, 6.07) is 25.0. The van der Waals surface area contributed by atoms with Crippen LogP contribution in [0.4, 0.5) is 11.4 Å². The summed E-state index contributed by atoms with van der Waals surface area (Å²) >= 11 is 0. The molecule has 2 N–H and O–H groups in total. The fourth-order valence-corrected chi connectivity index (χ4v) is 5.19. The molecule has 1 unspecified atom stereocenters. The number of aromatic amines is 1. The second-order valence-corrected chi connectivity index (χ2v) is 9.62. The van der Waals surface area contributed by atoms with Gasteiger partial charge < -0.3 is 20.0 Å². The highest BCUT2D eigenvalue weighted by molar-refractivity contribution is 6.02. The normalized spacial score (nSPS) is 18.2. The second-order valence-electron chi connectivity index (χ2n) is 9.62. The van der Waals surface area contributed by atoms with E-state index in [0.29, 0.717) is 5.56 Å². The van der Waals surface area contributed by atoms with E-state index in [9.17, 15) is 4.79 Å². The van der Waals surface area contributed by atoms with Gasteiger partial charge in [0, 0.05) is 44.5 Å². The number of rotatable bonds is 4. The first-order chi connectivity index (χ1) is 17.6. The molecule has 182 valence electrons. The predicted molar refractivity (Wildman–Crippen MR) is 144 cm³/mol. The van der Waals surface area contributed by atoms with E-state index in [4.69, 9.17) is 0 Å². The summed E-state index contributed by atoms with van der Waals surface area (Å²) in [4.78, 5) is 19.7. The number of nitrogens with one attached hydrogen (secondary N) is 2. The molecule has 6 rings (SSSR count). The van der Waals surface area contributed by atoms with E-state index in [1.54, 1.807) is 6.20 Å². The number of anilines is 2. The number of H-pyrrole nitrogens is 1. The van der Waals surface area contributed by atoms with E-state index in [0.717, 1.165) is 48.7 Å². The summed E-state index contributed by atoms with van der Waals surface area (Å²) in [5.74, 6) is -0.0729. The number of amides is 1. The average Bonchev–Trinajstić information content (AvgIpc) is 3.41. The van der Waals surface area contributed by atoms with Gasteiger partial charge in [-0.15, -0.1) is 0 Å². The Morgan fingerprint density at radius 3 is 2.17 bits per heavy atom. The Hall–Kier alpha value is -4.10. The fraction of sp³-hybridized carbons (Fsp3) is 0.241. The Kier molecular flexibility index (Phi) is 5.70. The van der Waals surface area contributed by atoms with Crippen molar-refractivity contribution >= 4 is 17.3 Å². The minimum Gasteiger partial charge on any atom is -0.369 e. The molecule has 0 aliphatic carbocycles. The van der Waals surface area contributed by atoms with Crippen LogP contribution in [0, 0.1) is 0 Å². The molecule has 0 radical (unpaired) electrons. The highest BCUT2D eigenvalue weighted by Crippen LogP contribution is 2.35. The van der Waals surface area contributed by atoms with Gasteiger partial charge in [0.25, 0.3) is 5.91 Å². The van der Waals surface area contributed by atoms with Crippen molar-refractivity contribution in [3.63, 3.8) is 0 Å². The van der Waals surface area contributed by atoms with Gasteiger partial charge in [-0.1, -0.05) is 48.5 Å². The van der Waals surface area contributed by atoms with Crippen LogP contribution in [0.5, 0.6) is 0 Å². The molecule has 2 aliphatic heterocycles. The Morgan fingerprint density at radius 1 is 0.806 bits per heavy atom. The number of hydrogen-bond acceptors (Lipinski definition) is 5. The maximum absolute atomic E-state index is 12.8. The SMILES string of the molecule is CN1CCN(c2ccc(-c3ccc(-c4[nH]ncc4C4NC(=O)c5ccccc5N4C)cc3)cc2)CC1. The van der Waals surface area contributed by atoms with Crippen LogP contribution in [0.25, 0.3) is 22.4 Å². The topological polar surface area (TPSA) is 67.5 Å². The highest BCUT2D eigenvalue weighted by Gasteiger charge is 2.31. The minimum atomic E-state index is -0.303. The van der Waals surface area contributed by atoms with Crippen molar-refractivity contribution in [3.05, 3.63) is 90.1 Å². The molecule has 2 aliphatic rings. The van der Waals surface area contributed by atoms with E-state index >= 15 is 0 Å². The zero-order valence-corrected chi connectivity index (χ0v) is 20.6. The molecule has 3 heterocycles. The van der Waals surface area contributed by atoms with Gasteiger partial charge >= 0.3 is 0 Å². The standard InChI is InChI=1S/C29H30N6O/c1-33-15-17-35(18-16-33)23-13-11-21(12-14-23)20-7-9-22(10-8-20)27-25(19-30-32-27)28-31-29(36)24-5-3-4-6-26(24)34(28)2/h3-14,19,28H,15-18H2,1-2H3,(H,30,32)(H,31,36). The quantitative estimate of drug-likeness (QED) is 0.456. The van der Waals surface area contributed by atoms with Gasteiger partial charge in [-0.2, -0.15) is 5.10 Å². The number of benzene rings is 3. The molecule has 4 aromatic rings. The summed E-state index contributed by atoms with van der Waals surface area (Å²) in [5.41, 5.74) is 8.11. The first kappa shape index (κ1) is 22.4. The van der Waals surface area contributed by atoms with Crippen LogP contribution in [0.1, 0.15) is 22.1 Å². The van der Waals surface area contributed by atoms with E-state index in [1.165, 1.54) is 16.8 Å². The molecule has 1 fully saturated rings. The number of hydrogen-bond donors (Lipinski definition) is 2. The van der Waals surface area contributed by atoms with Crippen LogP contribution in [-0.2, 0) is 0 Å². The lowest BCUT2D eigenvalue weighted by Gasteiger charge is -2.36. The zero-order valence-electron chi connectivity index (χ0n) is 20.6. The van der Waals surface area contributed by atoms with Gasteiger partial charge in [0.1, 0.15) is 6.17 Å². The van der Waals surface area contributed by atoms with Crippen LogP contribution in [0.15, 0.2) is 79.0 Å². The van der Waals surface area contributed by atoms with Gasteiger partial charge in [0.05, 0.1) is 23.1 Å². The summed E-state index contributed by atoms with van der Waals surface area (Å²) in [5, 5.41) is 10.6. The summed E-state index contributed by atoms with van der Waals surface area (Å²) in [6.07, 6.45) is 1.50. The molecule has 7 nitrogen and oxygen atoms in total. The predicted octanol–water partition coefficient (Wildman–Crippen LogP) is 4.37. The van der Waals surface area contributed by atoms with Crippen molar-refractivity contribution in [2.75, 3.05) is 50.1 Å². The molecule has 1 aromatic heterocycles. The number of nitrogens with zero attached hydrogens (tertiary/aromatic N) is 4. The van der Waals surface area contributed by atoms with Crippen LogP contribution >= 0.6 is 0 Å². The molecule has 0 spiro atoms. The monoisotopic (exact) mass is 478 g/mol. The lowest BCUT2D eigenvalue weighted by atomic mass is 9.99. The average molecular weight is 479 g/mol. The van der Waals surface area contributed by atoms with Crippen LogP contribution in [0.2, 0.25) is 0 Å². The van der Waals surface area contributed by atoms with Crippen molar-refractivity contribution in [2.24, 2.45) is 0 Å². The molecular formula is C29H30N6O. The molecule has 7 heteroatoms. The molecule has 1 atom stereocenters. The number of aromatic nitrogens is 2. The highest BCUT2D eigenvalue weighted by atomic mass is 16.2. The summed E-state index contributed by atoms with van der Waals surface area (Å²) < 4.78 is 0. The molecule has 1 saturated heterocycles. The van der Waals surface area contributed by atoms with Gasteiger partial charge in [0.15, 0.2) is 0 Å². The minimum absolute atomic E-state index is 0.0729. The number of para-hydroxylation sites is 1. The van der Waals surface area contributed by atoms with Crippen LogP contribution in [0.3, 0.4) is 0 Å². The lowest BCUT2D eigenvalue weighted by Crippen LogP contribution is -2.44. The zero-order chi connectivity index (χ0) is 24.6. The first-order valence-electron chi connectivity index (χ1n) is 12.4. The molecular weight excluding hydrogens is 448 g/mol. The number of piperazine rings is 1. The fourth-order valence-electron chi connectivity index (χ4n) is 5.19. The Labute approximate surface area is 211 Å². The van der Waals surface area contributed by atoms with E-state index in [1.807, 2.05) is 31.3 Å². The molecule has 0 bridgehead atoms. The first-order valence-corrected chi connectivity index (χ1v) is 12.4. The smallest absolute Gasteiger partial charge is 0.255 e. The molecule has 36 heavy (non-hydrogen) atoms. The number of fused-ring (bicyclic) bond motifs is 1. The third-order valence-electron chi connectivity index (χ3n) is 7.39. The van der Waals surface area contributed by atoms with Crippen molar-refractivity contribution in [1.29, 1.82) is 0 Å². The van der Waals surface area contributed by atoms with Crippen LogP contribution in [-0.4, -0.2) is 61.3 Å². The third kappa shape index (κ3) is 4.01. The van der Waals surface area contributed by atoms with E-state index in [-0.39, 0.29) is 12.1 Å². The molecule has 0 saturated carbocycles. The summed E-state index contributed by atoms with van der Waals surface area (Å²) in [7, 11) is 4.17. The van der Waals surface area contributed by atoms with Gasteiger partial charge in [-0.05, 0) is 48.0 Å². The van der Waals surface area contributed by atoms with Crippen molar-refractivity contribution < 1.29 is 4.79 Å². The lowest BCUT2D eigenvalue weighted by molar-refractivity contribution is 0.0928. The van der Waals surface area contributed by atoms with Crippen molar-refractivity contribution in [2.45, 2.75) is 6.17 Å². The maximum atomic E-state index is 12.8. The largest absolute Gasteiger partial charge is 0.369 e. The summed E-state index contributed by atoms with van der Waals surface area (Å²) in [6.45, 7) is 4.34. The van der Waals surface area contributed by atoms with Gasteiger partial charge in [-0.25, -0.2) is 0 Å². The third-order valence-corrected chi connectivity index (χ3v) is 7.39. The van der Waals surface area contributed by atoms with Gasteiger partial charge in [-0.3, -0.25) is 9.89 Å². The molecule has 1 amide bonds. The Balaban J connectivity index is 1.22. The molecule has 3 aromatic carbocycles. The van der Waals surface area contributed by atoms with E-state index < -0.39 is 0 Å². The van der Waals surface area contributed by atoms with E-state index in [2.05, 4.69) is 85.8 Å². The Morgan fingerprint density at radius 2 is 1.44 bits per heavy atom. The maximum Gasteiger partial charge on any atom is 0.255 e. The van der Waals surface area contributed by atoms with Crippen molar-refractivity contribution in [3.8, 4) is 22.4 Å². The van der Waals surface area contributed by atoms with Crippen LogP contribution < -0.4 is 15.1 Å².